The van der Waals surface area contributed by atoms with Gasteiger partial charge in [-0.3, -0.25) is 14.2 Å². The van der Waals surface area contributed by atoms with E-state index in [4.69, 9.17) is 0 Å². The molecule has 6 nitrogen and oxygen atoms in total. The van der Waals surface area contributed by atoms with Crippen LogP contribution in [0, 0.1) is 12.7 Å². The molecule has 0 bridgehead atoms. The van der Waals surface area contributed by atoms with Crippen molar-refractivity contribution in [2.45, 2.75) is 13.5 Å². The number of carbonyl (C=O) groups is 1. The zero-order valence-electron chi connectivity index (χ0n) is 13.1. The quantitative estimate of drug-likeness (QED) is 0.742. The highest BCUT2D eigenvalue weighted by atomic mass is 79.9. The Labute approximate surface area is 146 Å². The smallest absolute Gasteiger partial charge is 0.260 e. The van der Waals surface area contributed by atoms with E-state index < -0.39 is 0 Å². The van der Waals surface area contributed by atoms with Gasteiger partial charge in [0.1, 0.15) is 5.82 Å². The SMILES string of the molecule is Cc1nn(C)cc1C(=O)Nc1nn(Cc2ccc(F)cc2)cc1Br. The van der Waals surface area contributed by atoms with Crippen molar-refractivity contribution in [3.8, 4) is 0 Å². The Hall–Kier alpha value is -2.48. The topological polar surface area (TPSA) is 64.7 Å². The van der Waals surface area contributed by atoms with Crippen molar-refractivity contribution >= 4 is 27.7 Å². The second-order valence-electron chi connectivity index (χ2n) is 5.41. The van der Waals surface area contributed by atoms with E-state index in [0.717, 1.165) is 5.56 Å². The third-order valence-electron chi connectivity index (χ3n) is 3.46. The molecule has 0 unspecified atom stereocenters. The van der Waals surface area contributed by atoms with Gasteiger partial charge >= 0.3 is 0 Å². The lowest BCUT2D eigenvalue weighted by Crippen LogP contribution is -2.13. The number of nitrogens with zero attached hydrogens (tertiary/aromatic N) is 4. The van der Waals surface area contributed by atoms with Crippen LogP contribution in [0.2, 0.25) is 0 Å². The number of halogens is 2. The first kappa shape index (κ1) is 16.4. The first-order valence-electron chi connectivity index (χ1n) is 7.21. The molecule has 1 aromatic carbocycles. The van der Waals surface area contributed by atoms with E-state index >= 15 is 0 Å². The zero-order valence-corrected chi connectivity index (χ0v) is 14.7. The van der Waals surface area contributed by atoms with E-state index in [1.54, 1.807) is 47.9 Å². The second-order valence-corrected chi connectivity index (χ2v) is 6.26. The number of aromatic nitrogens is 4. The number of amides is 1. The largest absolute Gasteiger partial charge is 0.304 e. The van der Waals surface area contributed by atoms with Gasteiger partial charge in [0.25, 0.3) is 5.91 Å². The molecule has 0 aliphatic rings. The molecular formula is C16H15BrFN5O. The average molecular weight is 392 g/mol. The predicted molar refractivity (Wildman–Crippen MR) is 91.3 cm³/mol. The van der Waals surface area contributed by atoms with E-state index in [1.807, 2.05) is 0 Å². The average Bonchev–Trinajstić information content (AvgIpc) is 3.04. The molecule has 3 aromatic rings. The van der Waals surface area contributed by atoms with Crippen molar-refractivity contribution in [1.29, 1.82) is 0 Å². The standard InChI is InChI=1S/C16H15BrFN5O/c1-10-13(8-22(2)20-10)16(24)19-15-14(17)9-23(21-15)7-11-3-5-12(18)6-4-11/h3-6,8-9H,7H2,1-2H3,(H,19,21,24). The van der Waals surface area contributed by atoms with Crippen molar-refractivity contribution < 1.29 is 9.18 Å². The van der Waals surface area contributed by atoms with E-state index in [1.165, 1.54) is 12.1 Å². The summed E-state index contributed by atoms with van der Waals surface area (Å²) in [7, 11) is 1.76. The molecule has 0 spiro atoms. The molecule has 8 heteroatoms. The molecule has 0 fully saturated rings. The Morgan fingerprint density at radius 3 is 2.58 bits per heavy atom. The molecule has 1 amide bonds. The number of benzene rings is 1. The predicted octanol–water partition coefficient (Wildman–Crippen LogP) is 3.13. The second kappa shape index (κ2) is 6.56. The van der Waals surface area contributed by atoms with Gasteiger partial charge in [0.05, 0.1) is 22.3 Å². The van der Waals surface area contributed by atoms with Crippen molar-refractivity contribution in [3.05, 3.63) is 63.8 Å². The maximum Gasteiger partial charge on any atom is 0.260 e. The van der Waals surface area contributed by atoms with Crippen LogP contribution in [-0.2, 0) is 13.6 Å². The van der Waals surface area contributed by atoms with Crippen LogP contribution in [0.25, 0.3) is 0 Å². The van der Waals surface area contributed by atoms with Crippen LogP contribution >= 0.6 is 15.9 Å². The van der Waals surface area contributed by atoms with Gasteiger partial charge in [-0.05, 0) is 40.5 Å². The number of carbonyl (C=O) groups excluding carboxylic acids is 1. The molecule has 0 atom stereocenters. The summed E-state index contributed by atoms with van der Waals surface area (Å²) in [6.07, 6.45) is 3.42. The highest BCUT2D eigenvalue weighted by molar-refractivity contribution is 9.10. The van der Waals surface area contributed by atoms with E-state index in [9.17, 15) is 9.18 Å². The van der Waals surface area contributed by atoms with E-state index in [0.29, 0.717) is 28.1 Å². The molecule has 0 radical (unpaired) electrons. The van der Waals surface area contributed by atoms with Crippen LogP contribution in [-0.4, -0.2) is 25.5 Å². The fraction of sp³-hybridized carbons (Fsp3) is 0.188. The molecule has 124 valence electrons. The van der Waals surface area contributed by atoms with Gasteiger partial charge in [-0.15, -0.1) is 0 Å². The first-order valence-corrected chi connectivity index (χ1v) is 8.00. The van der Waals surface area contributed by atoms with E-state index in [2.05, 4.69) is 31.4 Å². The Bertz CT molecular complexity index is 885. The molecule has 0 aliphatic carbocycles. The Morgan fingerprint density at radius 1 is 1.25 bits per heavy atom. The van der Waals surface area contributed by atoms with Gasteiger partial charge in [-0.1, -0.05) is 12.1 Å². The van der Waals surface area contributed by atoms with Crippen molar-refractivity contribution in [3.63, 3.8) is 0 Å². The number of nitrogens with one attached hydrogen (secondary N) is 1. The van der Waals surface area contributed by atoms with Crippen molar-refractivity contribution in [1.82, 2.24) is 19.6 Å². The van der Waals surface area contributed by atoms with Crippen molar-refractivity contribution in [2.24, 2.45) is 7.05 Å². The maximum absolute atomic E-state index is 12.9. The summed E-state index contributed by atoms with van der Waals surface area (Å²) in [5.41, 5.74) is 2.06. The number of hydrogen-bond donors (Lipinski definition) is 1. The minimum Gasteiger partial charge on any atom is -0.304 e. The monoisotopic (exact) mass is 391 g/mol. The summed E-state index contributed by atoms with van der Waals surface area (Å²) >= 11 is 3.39. The number of anilines is 1. The number of aryl methyl sites for hydroxylation is 2. The van der Waals surface area contributed by atoms with Crippen LogP contribution in [0.5, 0.6) is 0 Å². The van der Waals surface area contributed by atoms with Crippen molar-refractivity contribution in [2.75, 3.05) is 5.32 Å². The summed E-state index contributed by atoms with van der Waals surface area (Å²) in [5, 5.41) is 11.3. The molecule has 3 rings (SSSR count). The zero-order chi connectivity index (χ0) is 17.3. The fourth-order valence-electron chi connectivity index (χ4n) is 2.34. The highest BCUT2D eigenvalue weighted by Gasteiger charge is 2.16. The number of hydrogen-bond acceptors (Lipinski definition) is 3. The van der Waals surface area contributed by atoms with Gasteiger partial charge in [0, 0.05) is 19.4 Å². The first-order chi connectivity index (χ1) is 11.4. The lowest BCUT2D eigenvalue weighted by Gasteiger charge is -2.03. The van der Waals surface area contributed by atoms with Crippen LogP contribution in [0.3, 0.4) is 0 Å². The van der Waals surface area contributed by atoms with Crippen LogP contribution in [0.4, 0.5) is 10.2 Å². The molecule has 2 heterocycles. The summed E-state index contributed by atoms with van der Waals surface area (Å²) in [5.74, 6) is -0.126. The summed E-state index contributed by atoms with van der Waals surface area (Å²) in [6, 6.07) is 6.20. The Morgan fingerprint density at radius 2 is 1.96 bits per heavy atom. The minimum atomic E-state index is -0.278. The molecule has 1 N–H and O–H groups in total. The summed E-state index contributed by atoms with van der Waals surface area (Å²) in [4.78, 5) is 12.3. The fourth-order valence-corrected chi connectivity index (χ4v) is 2.75. The molecule has 0 aliphatic heterocycles. The Kier molecular flexibility index (Phi) is 4.48. The number of rotatable bonds is 4. The Balaban J connectivity index is 1.75. The summed E-state index contributed by atoms with van der Waals surface area (Å²) in [6.45, 7) is 2.25. The third-order valence-corrected chi connectivity index (χ3v) is 4.05. The maximum atomic E-state index is 12.9. The van der Waals surface area contributed by atoms with Gasteiger partial charge in [0.15, 0.2) is 5.82 Å². The highest BCUT2D eigenvalue weighted by Crippen LogP contribution is 2.22. The van der Waals surface area contributed by atoms with Crippen LogP contribution < -0.4 is 5.32 Å². The molecule has 24 heavy (non-hydrogen) atoms. The lowest BCUT2D eigenvalue weighted by molar-refractivity contribution is 0.102. The van der Waals surface area contributed by atoms with Crippen LogP contribution in [0.15, 0.2) is 41.1 Å². The molecular weight excluding hydrogens is 377 g/mol. The van der Waals surface area contributed by atoms with Gasteiger partial charge in [-0.2, -0.15) is 10.2 Å². The summed E-state index contributed by atoms with van der Waals surface area (Å²) < 4.78 is 16.9. The molecule has 0 saturated carbocycles. The molecule has 2 aromatic heterocycles. The van der Waals surface area contributed by atoms with Gasteiger partial charge in [0.2, 0.25) is 0 Å². The molecule has 0 saturated heterocycles. The van der Waals surface area contributed by atoms with Gasteiger partial charge in [-0.25, -0.2) is 4.39 Å². The van der Waals surface area contributed by atoms with Crippen LogP contribution in [0.1, 0.15) is 21.6 Å². The normalized spacial score (nSPS) is 10.8. The third kappa shape index (κ3) is 3.53. The van der Waals surface area contributed by atoms with Gasteiger partial charge < -0.3 is 5.32 Å². The minimum absolute atomic E-state index is 0.270. The van der Waals surface area contributed by atoms with E-state index in [-0.39, 0.29) is 11.7 Å². The lowest BCUT2D eigenvalue weighted by atomic mass is 10.2.